The normalized spacial score (nSPS) is 14.9. The van der Waals surface area contributed by atoms with Crippen molar-refractivity contribution in [1.82, 2.24) is 4.57 Å². The van der Waals surface area contributed by atoms with Crippen LogP contribution in [0.25, 0.3) is 60.9 Å². The number of nitriles is 2. The minimum atomic E-state index is -0.261. The number of benzene rings is 8. The van der Waals surface area contributed by atoms with Gasteiger partial charge in [-0.1, -0.05) is 127 Å². The van der Waals surface area contributed by atoms with Crippen molar-refractivity contribution in [3.63, 3.8) is 0 Å². The van der Waals surface area contributed by atoms with Gasteiger partial charge in [-0.05, 0) is 115 Å². The summed E-state index contributed by atoms with van der Waals surface area (Å²) in [6.07, 6.45) is 0. The molecule has 0 amide bonds. The molecule has 0 radical (unpaired) electrons. The average molecular weight is 698 g/mol. The number of rotatable bonds is 4. The first-order chi connectivity index (χ1) is 27.2. The number of fused-ring (bicyclic) bond motifs is 3. The second kappa shape index (κ2) is 12.0. The van der Waals surface area contributed by atoms with Crippen LogP contribution < -0.4 is 0 Å². The van der Waals surface area contributed by atoms with Crippen molar-refractivity contribution in [1.29, 1.82) is 10.5 Å². The van der Waals surface area contributed by atoms with E-state index >= 15 is 0 Å². The third-order valence-electron chi connectivity index (χ3n) is 11.8. The van der Waals surface area contributed by atoms with Crippen LogP contribution in [0.5, 0.6) is 0 Å². The number of hydrogen-bond donors (Lipinski definition) is 0. The second-order valence-electron chi connectivity index (χ2n) is 14.6. The van der Waals surface area contributed by atoms with Gasteiger partial charge in [-0.25, -0.2) is 0 Å². The number of nitrogens with zero attached hydrogens (tertiary/aromatic N) is 3. The molecule has 0 atom stereocenters. The Hall–Kier alpha value is -7.46. The molecule has 9 aromatic rings. The smallest absolute Gasteiger partial charge is 0.0995 e. The standard InChI is InChI=1S/C52H31N3/c53-30-37-25-35(32-13-4-1-5-14-32)27-44-48(37)52-43-21-12-20-40(50(43)51(44)45-28-36(26-38(31-54)49(45)52)33-15-6-2-7-16-33)34-23-24-42-41-19-10-11-22-46(41)55(47(42)29-34)39-17-8-3-9-18-39/h1-29,51-52H. The summed E-state index contributed by atoms with van der Waals surface area (Å²) in [6.45, 7) is 0. The molecule has 0 N–H and O–H groups in total. The van der Waals surface area contributed by atoms with Gasteiger partial charge in [0.2, 0.25) is 0 Å². The maximum absolute atomic E-state index is 10.8. The van der Waals surface area contributed by atoms with Crippen molar-refractivity contribution in [2.24, 2.45) is 0 Å². The van der Waals surface area contributed by atoms with Crippen molar-refractivity contribution < 1.29 is 0 Å². The maximum atomic E-state index is 10.8. The zero-order valence-electron chi connectivity index (χ0n) is 29.7. The van der Waals surface area contributed by atoms with E-state index in [-0.39, 0.29) is 11.8 Å². The largest absolute Gasteiger partial charge is 0.309 e. The van der Waals surface area contributed by atoms with Crippen LogP contribution in [0.15, 0.2) is 176 Å². The van der Waals surface area contributed by atoms with E-state index < -0.39 is 0 Å². The molecule has 3 nitrogen and oxygen atoms in total. The fourth-order valence-corrected chi connectivity index (χ4v) is 9.59. The number of hydrogen-bond acceptors (Lipinski definition) is 2. The Morgan fingerprint density at radius 3 is 1.56 bits per heavy atom. The van der Waals surface area contributed by atoms with Gasteiger partial charge in [-0.2, -0.15) is 10.5 Å². The highest BCUT2D eigenvalue weighted by Crippen LogP contribution is 2.60. The summed E-state index contributed by atoms with van der Waals surface area (Å²) < 4.78 is 2.37. The molecule has 254 valence electrons. The quantitative estimate of drug-likeness (QED) is 0.184. The molecule has 2 bridgehead atoms. The van der Waals surface area contributed by atoms with Gasteiger partial charge < -0.3 is 4.57 Å². The molecule has 3 heteroatoms. The molecule has 0 fully saturated rings. The van der Waals surface area contributed by atoms with Gasteiger partial charge in [0, 0.05) is 28.3 Å². The van der Waals surface area contributed by atoms with Crippen LogP contribution in [-0.2, 0) is 0 Å². The molecule has 3 aliphatic rings. The highest BCUT2D eigenvalue weighted by Gasteiger charge is 2.45. The molecule has 12 rings (SSSR count). The van der Waals surface area contributed by atoms with E-state index in [1.165, 1.54) is 33.0 Å². The van der Waals surface area contributed by atoms with Gasteiger partial charge in [-0.3, -0.25) is 0 Å². The minimum absolute atomic E-state index is 0.191. The van der Waals surface area contributed by atoms with Gasteiger partial charge in [0.25, 0.3) is 0 Å². The summed E-state index contributed by atoms with van der Waals surface area (Å²) in [5, 5.41) is 24.0. The first-order valence-electron chi connectivity index (χ1n) is 18.7. The van der Waals surface area contributed by atoms with Crippen molar-refractivity contribution in [2.75, 3.05) is 0 Å². The van der Waals surface area contributed by atoms with E-state index in [9.17, 15) is 10.5 Å². The van der Waals surface area contributed by atoms with Crippen LogP contribution in [0, 0.1) is 22.7 Å². The van der Waals surface area contributed by atoms with Gasteiger partial charge in [0.15, 0.2) is 0 Å². The third-order valence-corrected chi connectivity index (χ3v) is 11.8. The first kappa shape index (κ1) is 31.1. The van der Waals surface area contributed by atoms with Crippen LogP contribution in [0.3, 0.4) is 0 Å². The lowest BCUT2D eigenvalue weighted by atomic mass is 9.57. The average Bonchev–Trinajstić information content (AvgIpc) is 3.59. The molecule has 0 saturated carbocycles. The van der Waals surface area contributed by atoms with Crippen LogP contribution in [-0.4, -0.2) is 4.57 Å². The Kier molecular flexibility index (Phi) is 6.81. The summed E-state index contributed by atoms with van der Waals surface area (Å²) in [4.78, 5) is 0. The summed E-state index contributed by atoms with van der Waals surface area (Å²) in [6, 6.07) is 67.3. The summed E-state index contributed by atoms with van der Waals surface area (Å²) in [5.41, 5.74) is 18.0. The Morgan fingerprint density at radius 2 is 0.945 bits per heavy atom. The van der Waals surface area contributed by atoms with Gasteiger partial charge in [-0.15, -0.1) is 0 Å². The Bertz CT molecular complexity index is 3000. The van der Waals surface area contributed by atoms with Crippen LogP contribution in [0.4, 0.5) is 0 Å². The summed E-state index contributed by atoms with van der Waals surface area (Å²) >= 11 is 0. The summed E-state index contributed by atoms with van der Waals surface area (Å²) in [5.74, 6) is -0.452. The van der Waals surface area contributed by atoms with E-state index in [1.807, 2.05) is 48.5 Å². The highest BCUT2D eigenvalue weighted by molar-refractivity contribution is 6.10. The zero-order valence-corrected chi connectivity index (χ0v) is 29.7. The minimum Gasteiger partial charge on any atom is -0.309 e. The van der Waals surface area contributed by atoms with E-state index in [0.717, 1.165) is 61.3 Å². The lowest BCUT2D eigenvalue weighted by Crippen LogP contribution is -2.30. The highest BCUT2D eigenvalue weighted by atomic mass is 15.0. The molecule has 3 aliphatic carbocycles. The molecule has 0 aliphatic heterocycles. The van der Waals surface area contributed by atoms with E-state index in [1.54, 1.807) is 0 Å². The Balaban J connectivity index is 1.21. The molecule has 0 unspecified atom stereocenters. The fourth-order valence-electron chi connectivity index (χ4n) is 9.59. The monoisotopic (exact) mass is 697 g/mol. The number of aromatic nitrogens is 1. The molecule has 8 aromatic carbocycles. The Labute approximate surface area is 319 Å². The lowest BCUT2D eigenvalue weighted by Gasteiger charge is -2.44. The van der Waals surface area contributed by atoms with Gasteiger partial charge in [0.05, 0.1) is 34.3 Å². The number of para-hydroxylation sites is 2. The van der Waals surface area contributed by atoms with E-state index in [2.05, 4.69) is 144 Å². The SMILES string of the molecule is N#Cc1cc(-c2ccccc2)cc2c1C1c3cccc(-c4ccc5c6ccccc6n(-c6ccccc6)c5c4)c3C2c2cc(-c3ccccc3)cc(C#N)c21. The van der Waals surface area contributed by atoms with Crippen molar-refractivity contribution in [2.45, 2.75) is 11.8 Å². The van der Waals surface area contributed by atoms with Crippen molar-refractivity contribution in [3.05, 3.63) is 220 Å². The molecule has 1 aromatic heterocycles. The molecule has 55 heavy (non-hydrogen) atoms. The summed E-state index contributed by atoms with van der Waals surface area (Å²) in [7, 11) is 0. The van der Waals surface area contributed by atoms with E-state index in [4.69, 9.17) is 0 Å². The van der Waals surface area contributed by atoms with Crippen molar-refractivity contribution in [3.8, 4) is 51.2 Å². The molecule has 0 saturated heterocycles. The molecule has 1 heterocycles. The van der Waals surface area contributed by atoms with Crippen LogP contribution in [0.1, 0.15) is 56.3 Å². The fraction of sp³-hybridized carbons (Fsp3) is 0.0385. The van der Waals surface area contributed by atoms with Crippen molar-refractivity contribution >= 4 is 21.8 Å². The predicted molar refractivity (Wildman–Crippen MR) is 221 cm³/mol. The van der Waals surface area contributed by atoms with Gasteiger partial charge >= 0.3 is 0 Å². The lowest BCUT2D eigenvalue weighted by molar-refractivity contribution is 0.752. The van der Waals surface area contributed by atoms with Gasteiger partial charge in [0.1, 0.15) is 0 Å². The van der Waals surface area contributed by atoms with Crippen LogP contribution in [0.2, 0.25) is 0 Å². The topological polar surface area (TPSA) is 52.5 Å². The van der Waals surface area contributed by atoms with E-state index in [0.29, 0.717) is 11.1 Å². The molecular formula is C52H31N3. The third kappa shape index (κ3) is 4.54. The molecule has 0 spiro atoms. The first-order valence-corrected chi connectivity index (χ1v) is 18.7. The van der Waals surface area contributed by atoms with Crippen LogP contribution >= 0.6 is 0 Å². The zero-order chi connectivity index (χ0) is 36.6. The maximum Gasteiger partial charge on any atom is 0.0995 e. The molecular weight excluding hydrogens is 667 g/mol. The second-order valence-corrected chi connectivity index (χ2v) is 14.6. The predicted octanol–water partition coefficient (Wildman–Crippen LogP) is 12.5. The Morgan fingerprint density at radius 1 is 0.382 bits per heavy atom.